The average Bonchev–Trinajstić information content (AvgIpc) is 3.40. The van der Waals surface area contributed by atoms with Crippen LogP contribution in [0.2, 0.25) is 0 Å². The molecule has 0 aliphatic heterocycles. The maximum atomic E-state index is 14.8. The number of alkyl halides is 3. The van der Waals surface area contributed by atoms with Gasteiger partial charge in [0.05, 0.1) is 36.6 Å². The van der Waals surface area contributed by atoms with Gasteiger partial charge in [-0.05, 0) is 76.2 Å². The highest BCUT2D eigenvalue weighted by Crippen LogP contribution is 2.36. The number of fused-ring (bicyclic) bond motifs is 1. The first-order valence-corrected chi connectivity index (χ1v) is 15.6. The number of H-pyrrole nitrogens is 1. The summed E-state index contributed by atoms with van der Waals surface area (Å²) in [5, 5.41) is 10.5. The van der Waals surface area contributed by atoms with Crippen molar-refractivity contribution in [1.82, 2.24) is 20.2 Å². The van der Waals surface area contributed by atoms with Gasteiger partial charge in [0.25, 0.3) is 10.0 Å². The SMILES string of the molecule is COc1ccc(N(C)S(=O)(=O)c2ccccc2)c(CNc2nc(-c3cc(F)c(OC)cc3CC(F)(F)F)nc3n[nH]c(I)c23)c1. The molecular formula is C29H25F4IN6O4S. The number of nitrogens with one attached hydrogen (secondary N) is 2. The molecule has 0 spiro atoms. The standard InChI is InChI=1S/C29H25F4IN6O4S/c1-40(45(41,42)19-7-5-4-6-8-19)22-10-9-18(43-2)11-17(22)15-35-27-24-25(34)38-39-28(24)37-26(36-27)20-13-21(30)23(44-3)12-16(20)14-29(31,32)33/h4-13H,14-15H2,1-3H3,(H2,35,36,37,38,39). The first-order valence-electron chi connectivity index (χ1n) is 13.1. The van der Waals surface area contributed by atoms with Crippen LogP contribution < -0.4 is 19.1 Å². The average molecular weight is 757 g/mol. The van der Waals surface area contributed by atoms with Crippen LogP contribution in [-0.2, 0) is 23.0 Å². The molecule has 0 aliphatic carbocycles. The largest absolute Gasteiger partial charge is 0.497 e. The lowest BCUT2D eigenvalue weighted by molar-refractivity contribution is -0.127. The second-order valence-corrected chi connectivity index (χ2v) is 12.7. The van der Waals surface area contributed by atoms with Gasteiger partial charge in [0.2, 0.25) is 0 Å². The Bertz CT molecular complexity index is 1970. The minimum Gasteiger partial charge on any atom is -0.497 e. The van der Waals surface area contributed by atoms with E-state index in [-0.39, 0.29) is 45.6 Å². The van der Waals surface area contributed by atoms with Gasteiger partial charge in [-0.3, -0.25) is 9.40 Å². The van der Waals surface area contributed by atoms with Crippen LogP contribution in [0, 0.1) is 9.52 Å². The maximum absolute atomic E-state index is 14.8. The van der Waals surface area contributed by atoms with Crippen molar-refractivity contribution in [2.75, 3.05) is 30.9 Å². The number of anilines is 2. The van der Waals surface area contributed by atoms with Crippen LogP contribution in [0.5, 0.6) is 11.5 Å². The van der Waals surface area contributed by atoms with E-state index < -0.39 is 28.4 Å². The first kappa shape index (κ1) is 32.2. The molecule has 0 unspecified atom stereocenters. The molecule has 0 radical (unpaired) electrons. The quantitative estimate of drug-likeness (QED) is 0.126. The molecule has 3 aromatic carbocycles. The molecule has 0 fully saturated rings. The number of hydrogen-bond donors (Lipinski definition) is 2. The van der Waals surface area contributed by atoms with E-state index in [2.05, 4.69) is 25.5 Å². The number of aromatic amines is 1. The molecule has 16 heteroatoms. The molecule has 2 aromatic heterocycles. The fourth-order valence-electron chi connectivity index (χ4n) is 4.66. The summed E-state index contributed by atoms with van der Waals surface area (Å²) >= 11 is 1.97. The molecule has 2 N–H and O–H groups in total. The number of ether oxygens (including phenoxy) is 2. The van der Waals surface area contributed by atoms with E-state index in [0.29, 0.717) is 26.1 Å². The maximum Gasteiger partial charge on any atom is 0.393 e. The van der Waals surface area contributed by atoms with Gasteiger partial charge in [-0.25, -0.2) is 22.8 Å². The van der Waals surface area contributed by atoms with Gasteiger partial charge in [-0.15, -0.1) is 0 Å². The van der Waals surface area contributed by atoms with Gasteiger partial charge < -0.3 is 14.8 Å². The molecule has 236 valence electrons. The zero-order chi connectivity index (χ0) is 32.5. The van der Waals surface area contributed by atoms with Crippen LogP contribution in [-0.4, -0.2) is 56.0 Å². The Kier molecular flexibility index (Phi) is 9.06. The third kappa shape index (κ3) is 6.75. The molecule has 0 saturated carbocycles. The van der Waals surface area contributed by atoms with E-state index in [4.69, 9.17) is 9.47 Å². The summed E-state index contributed by atoms with van der Waals surface area (Å²) < 4.78 is 94.1. The van der Waals surface area contributed by atoms with Crippen molar-refractivity contribution in [1.29, 1.82) is 0 Å². The van der Waals surface area contributed by atoms with Gasteiger partial charge >= 0.3 is 6.18 Å². The van der Waals surface area contributed by atoms with Crippen LogP contribution in [0.15, 0.2) is 65.6 Å². The molecule has 5 rings (SSSR count). The van der Waals surface area contributed by atoms with Crippen LogP contribution in [0.1, 0.15) is 11.1 Å². The molecule has 0 aliphatic rings. The molecule has 0 amide bonds. The second-order valence-electron chi connectivity index (χ2n) is 9.70. The minimum atomic E-state index is -4.61. The summed E-state index contributed by atoms with van der Waals surface area (Å²) in [6.45, 7) is 0.000375. The van der Waals surface area contributed by atoms with Crippen molar-refractivity contribution in [2.24, 2.45) is 0 Å². The van der Waals surface area contributed by atoms with E-state index in [1.165, 1.54) is 26.3 Å². The number of aromatic nitrogens is 4. The summed E-state index contributed by atoms with van der Waals surface area (Å²) in [5.74, 6) is -0.824. The van der Waals surface area contributed by atoms with E-state index >= 15 is 0 Å². The molecule has 0 atom stereocenters. The number of methoxy groups -OCH3 is 2. The summed E-state index contributed by atoms with van der Waals surface area (Å²) in [7, 11) is 0.111. The lowest BCUT2D eigenvalue weighted by Gasteiger charge is -2.23. The van der Waals surface area contributed by atoms with E-state index in [0.717, 1.165) is 23.5 Å². The molecule has 0 bridgehead atoms. The van der Waals surface area contributed by atoms with E-state index in [9.17, 15) is 26.0 Å². The van der Waals surface area contributed by atoms with Crippen LogP contribution in [0.25, 0.3) is 22.4 Å². The zero-order valence-corrected chi connectivity index (χ0v) is 26.9. The molecule has 5 aromatic rings. The highest BCUT2D eigenvalue weighted by molar-refractivity contribution is 14.1. The Morgan fingerprint density at radius 1 is 1.00 bits per heavy atom. The fourth-order valence-corrected chi connectivity index (χ4v) is 6.53. The summed E-state index contributed by atoms with van der Waals surface area (Å²) in [5.41, 5.74) is 0.472. The fraction of sp³-hybridized carbons (Fsp3) is 0.207. The Balaban J connectivity index is 1.58. The highest BCUT2D eigenvalue weighted by Gasteiger charge is 2.31. The number of nitrogens with zero attached hydrogens (tertiary/aromatic N) is 4. The summed E-state index contributed by atoms with van der Waals surface area (Å²) in [4.78, 5) is 8.92. The second kappa shape index (κ2) is 12.7. The van der Waals surface area contributed by atoms with Gasteiger partial charge in [0.15, 0.2) is 23.0 Å². The van der Waals surface area contributed by atoms with Gasteiger partial charge in [-0.1, -0.05) is 18.2 Å². The topological polar surface area (TPSA) is 122 Å². The van der Waals surface area contributed by atoms with Crippen molar-refractivity contribution in [3.05, 3.63) is 81.3 Å². The number of hydrogen-bond acceptors (Lipinski definition) is 8. The predicted octanol–water partition coefficient (Wildman–Crippen LogP) is 6.32. The van der Waals surface area contributed by atoms with Gasteiger partial charge in [-0.2, -0.15) is 18.3 Å². The first-order chi connectivity index (χ1) is 21.3. The van der Waals surface area contributed by atoms with Crippen LogP contribution >= 0.6 is 22.6 Å². The van der Waals surface area contributed by atoms with E-state index in [1.807, 2.05) is 22.6 Å². The predicted molar refractivity (Wildman–Crippen MR) is 168 cm³/mol. The number of sulfonamides is 1. The van der Waals surface area contributed by atoms with Gasteiger partial charge in [0.1, 0.15) is 15.3 Å². The molecule has 0 saturated heterocycles. The van der Waals surface area contributed by atoms with Crippen molar-refractivity contribution in [3.63, 3.8) is 0 Å². The molecule has 45 heavy (non-hydrogen) atoms. The number of benzene rings is 3. The van der Waals surface area contributed by atoms with Crippen molar-refractivity contribution in [2.45, 2.75) is 24.0 Å². The van der Waals surface area contributed by atoms with Crippen molar-refractivity contribution >= 4 is 55.2 Å². The summed E-state index contributed by atoms with van der Waals surface area (Å²) in [6, 6.07) is 14.7. The van der Waals surface area contributed by atoms with Gasteiger partial charge in [0, 0.05) is 19.2 Å². The molecular weight excluding hydrogens is 731 g/mol. The van der Waals surface area contributed by atoms with Crippen molar-refractivity contribution < 1.29 is 35.5 Å². The van der Waals surface area contributed by atoms with Crippen molar-refractivity contribution in [3.8, 4) is 22.9 Å². The number of rotatable bonds is 10. The third-order valence-corrected chi connectivity index (χ3v) is 9.42. The lowest BCUT2D eigenvalue weighted by atomic mass is 10.0. The lowest BCUT2D eigenvalue weighted by Crippen LogP contribution is -2.27. The van der Waals surface area contributed by atoms with Crippen LogP contribution in [0.3, 0.4) is 0 Å². The normalized spacial score (nSPS) is 11.9. The number of halogens is 5. The Hall–Kier alpha value is -4.19. The highest BCUT2D eigenvalue weighted by atomic mass is 127. The Morgan fingerprint density at radius 2 is 1.73 bits per heavy atom. The zero-order valence-electron chi connectivity index (χ0n) is 23.9. The Morgan fingerprint density at radius 3 is 2.40 bits per heavy atom. The smallest absolute Gasteiger partial charge is 0.393 e. The molecule has 2 heterocycles. The molecule has 10 nitrogen and oxygen atoms in total. The summed E-state index contributed by atoms with van der Waals surface area (Å²) in [6.07, 6.45) is -5.99. The van der Waals surface area contributed by atoms with E-state index in [1.54, 1.807) is 36.4 Å². The third-order valence-electron chi connectivity index (χ3n) is 6.85. The minimum absolute atomic E-state index is 0.000375. The van der Waals surface area contributed by atoms with Crippen LogP contribution in [0.4, 0.5) is 29.1 Å². The Labute approximate surface area is 269 Å². The monoisotopic (exact) mass is 756 g/mol.